The van der Waals surface area contributed by atoms with Crippen molar-refractivity contribution in [1.82, 2.24) is 9.78 Å². The molecule has 1 amide bonds. The van der Waals surface area contributed by atoms with Gasteiger partial charge in [-0.2, -0.15) is 5.10 Å². The lowest BCUT2D eigenvalue weighted by molar-refractivity contribution is 0.148. The van der Waals surface area contributed by atoms with Gasteiger partial charge in [0, 0.05) is 10.6 Å². The molecular weight excluding hydrogens is 306 g/mol. The number of benzene rings is 1. The number of hydrogen-bond donors (Lipinski definition) is 1. The number of hydrogen-bond acceptors (Lipinski definition) is 4. The number of rotatable bonds is 5. The Balaban J connectivity index is 2.34. The first kappa shape index (κ1) is 16.2. The molecule has 1 aromatic heterocycles. The Hall–Kier alpha value is -2.21. The average Bonchev–Trinajstić information content (AvgIpc) is 2.74. The molecule has 0 aliphatic rings. The zero-order valence-corrected chi connectivity index (χ0v) is 13.4. The zero-order chi connectivity index (χ0) is 16.3. The molecule has 7 heteroatoms. The largest absolute Gasteiger partial charge is 0.443 e. The summed E-state index contributed by atoms with van der Waals surface area (Å²) in [5.74, 6) is 1.19. The van der Waals surface area contributed by atoms with Gasteiger partial charge in [-0.3, -0.25) is 0 Å². The van der Waals surface area contributed by atoms with Crippen LogP contribution in [-0.4, -0.2) is 15.9 Å². The van der Waals surface area contributed by atoms with Crippen molar-refractivity contribution < 1.29 is 14.3 Å². The van der Waals surface area contributed by atoms with Gasteiger partial charge in [-0.25, -0.2) is 9.48 Å². The van der Waals surface area contributed by atoms with Gasteiger partial charge in [-0.05, 0) is 39.0 Å². The number of halogens is 1. The molecule has 0 radical (unpaired) electrons. The van der Waals surface area contributed by atoms with Crippen molar-refractivity contribution in [3.8, 4) is 11.6 Å². The van der Waals surface area contributed by atoms with E-state index < -0.39 is 6.09 Å². The second-order valence-corrected chi connectivity index (χ2v) is 5.52. The number of nitrogens with zero attached hydrogens (tertiary/aromatic N) is 2. The highest BCUT2D eigenvalue weighted by Gasteiger charge is 2.19. The van der Waals surface area contributed by atoms with E-state index in [1.54, 1.807) is 22.9 Å². The first-order valence-electron chi connectivity index (χ1n) is 6.82. The summed E-state index contributed by atoms with van der Waals surface area (Å²) in [6, 6.07) is 7.18. The Morgan fingerprint density at radius 2 is 2.18 bits per heavy atom. The van der Waals surface area contributed by atoms with Crippen molar-refractivity contribution in [2.75, 3.05) is 0 Å². The van der Waals surface area contributed by atoms with Crippen molar-refractivity contribution in [2.45, 2.75) is 33.4 Å². The van der Waals surface area contributed by atoms with E-state index in [2.05, 4.69) is 5.10 Å². The van der Waals surface area contributed by atoms with Gasteiger partial charge in [0.15, 0.2) is 0 Å². The topological polar surface area (TPSA) is 79.4 Å². The highest BCUT2D eigenvalue weighted by atomic mass is 35.5. The lowest BCUT2D eigenvalue weighted by atomic mass is 10.2. The lowest BCUT2D eigenvalue weighted by Crippen LogP contribution is -2.13. The summed E-state index contributed by atoms with van der Waals surface area (Å²) in [6.07, 6.45) is -0.837. The van der Waals surface area contributed by atoms with E-state index >= 15 is 0 Å². The fourth-order valence-electron chi connectivity index (χ4n) is 1.94. The minimum atomic E-state index is -0.837. The maximum Gasteiger partial charge on any atom is 0.404 e. The average molecular weight is 324 g/mol. The van der Waals surface area contributed by atoms with Crippen LogP contribution in [0.4, 0.5) is 4.79 Å². The summed E-state index contributed by atoms with van der Waals surface area (Å²) >= 11 is 5.97. The zero-order valence-electron chi connectivity index (χ0n) is 12.7. The van der Waals surface area contributed by atoms with Crippen LogP contribution in [0.3, 0.4) is 0 Å². The van der Waals surface area contributed by atoms with Crippen LogP contribution in [0.2, 0.25) is 5.02 Å². The quantitative estimate of drug-likeness (QED) is 0.907. The van der Waals surface area contributed by atoms with Crippen molar-refractivity contribution in [1.29, 1.82) is 0 Å². The molecule has 0 unspecified atom stereocenters. The molecule has 1 heterocycles. The van der Waals surface area contributed by atoms with Crippen molar-refractivity contribution in [3.63, 3.8) is 0 Å². The molecule has 0 bridgehead atoms. The van der Waals surface area contributed by atoms with Crippen LogP contribution in [0.1, 0.15) is 31.1 Å². The Morgan fingerprint density at radius 3 is 2.77 bits per heavy atom. The van der Waals surface area contributed by atoms with Gasteiger partial charge >= 0.3 is 6.09 Å². The van der Waals surface area contributed by atoms with Crippen LogP contribution < -0.4 is 10.5 Å². The molecule has 0 fully saturated rings. The van der Waals surface area contributed by atoms with E-state index in [-0.39, 0.29) is 12.6 Å². The number of primary amides is 1. The number of ether oxygens (including phenoxy) is 2. The maximum absolute atomic E-state index is 10.8. The summed E-state index contributed by atoms with van der Waals surface area (Å²) < 4.78 is 12.5. The van der Waals surface area contributed by atoms with Crippen LogP contribution in [0.15, 0.2) is 24.3 Å². The summed E-state index contributed by atoms with van der Waals surface area (Å²) in [4.78, 5) is 10.8. The predicted octanol–water partition coefficient (Wildman–Crippen LogP) is 3.81. The summed E-state index contributed by atoms with van der Waals surface area (Å²) in [5.41, 5.74) is 6.38. The van der Waals surface area contributed by atoms with E-state index in [1.165, 1.54) is 0 Å². The molecule has 22 heavy (non-hydrogen) atoms. The maximum atomic E-state index is 10.8. The van der Waals surface area contributed by atoms with Crippen molar-refractivity contribution in [3.05, 3.63) is 40.5 Å². The summed E-state index contributed by atoms with van der Waals surface area (Å²) in [6.45, 7) is 5.82. The van der Waals surface area contributed by atoms with Crippen LogP contribution in [-0.2, 0) is 11.3 Å². The molecule has 1 aromatic carbocycles. The van der Waals surface area contributed by atoms with Gasteiger partial charge in [0.2, 0.25) is 5.88 Å². The molecule has 0 spiro atoms. The minimum Gasteiger partial charge on any atom is -0.443 e. The van der Waals surface area contributed by atoms with E-state index in [9.17, 15) is 4.79 Å². The molecule has 6 nitrogen and oxygen atoms in total. The Bertz CT molecular complexity index is 683. The second-order valence-electron chi connectivity index (χ2n) is 5.08. The highest BCUT2D eigenvalue weighted by Crippen LogP contribution is 2.31. The Morgan fingerprint density at radius 1 is 1.45 bits per heavy atom. The van der Waals surface area contributed by atoms with Gasteiger partial charge in [-0.1, -0.05) is 17.7 Å². The van der Waals surface area contributed by atoms with Crippen LogP contribution in [0.25, 0.3) is 0 Å². The molecule has 0 saturated carbocycles. The Labute approximate surface area is 133 Å². The molecule has 0 aliphatic heterocycles. The lowest BCUT2D eigenvalue weighted by Gasteiger charge is -2.12. The predicted molar refractivity (Wildman–Crippen MR) is 83.2 cm³/mol. The fourth-order valence-corrected chi connectivity index (χ4v) is 2.12. The third-order valence-electron chi connectivity index (χ3n) is 3.04. The van der Waals surface area contributed by atoms with Gasteiger partial charge in [0.1, 0.15) is 18.1 Å². The van der Waals surface area contributed by atoms with Crippen LogP contribution >= 0.6 is 11.6 Å². The molecule has 118 valence electrons. The number of carbonyl (C=O) groups excluding carboxylic acids is 1. The summed E-state index contributed by atoms with van der Waals surface area (Å²) in [5, 5.41) is 5.01. The minimum absolute atomic E-state index is 0.00674. The molecule has 0 saturated heterocycles. The van der Waals surface area contributed by atoms with Gasteiger partial charge < -0.3 is 15.2 Å². The number of amides is 1. The molecule has 2 aromatic rings. The van der Waals surface area contributed by atoms with E-state index in [0.717, 1.165) is 5.56 Å². The molecule has 2 rings (SSSR count). The summed E-state index contributed by atoms with van der Waals surface area (Å²) in [7, 11) is 0. The van der Waals surface area contributed by atoms with Gasteiger partial charge in [0.05, 0.1) is 6.04 Å². The molecular formula is C15H18ClN3O3. The third kappa shape index (κ3) is 3.71. The molecule has 0 atom stereocenters. The van der Waals surface area contributed by atoms with E-state index in [1.807, 2.05) is 26.8 Å². The van der Waals surface area contributed by atoms with Gasteiger partial charge in [-0.15, -0.1) is 0 Å². The number of aromatic nitrogens is 2. The number of nitrogens with two attached hydrogens (primary N) is 1. The Kier molecular flexibility index (Phi) is 4.92. The van der Waals surface area contributed by atoms with Crippen LogP contribution in [0.5, 0.6) is 11.6 Å². The van der Waals surface area contributed by atoms with Crippen molar-refractivity contribution in [2.24, 2.45) is 5.73 Å². The first-order valence-corrected chi connectivity index (χ1v) is 7.20. The smallest absolute Gasteiger partial charge is 0.404 e. The van der Waals surface area contributed by atoms with Gasteiger partial charge in [0.25, 0.3) is 0 Å². The second kappa shape index (κ2) is 6.70. The first-order chi connectivity index (χ1) is 10.4. The normalized spacial score (nSPS) is 10.8. The van der Waals surface area contributed by atoms with Crippen LogP contribution in [0, 0.1) is 6.92 Å². The fraction of sp³-hybridized carbons (Fsp3) is 0.333. The van der Waals surface area contributed by atoms with Crippen molar-refractivity contribution >= 4 is 17.7 Å². The van der Waals surface area contributed by atoms with E-state index in [0.29, 0.717) is 22.3 Å². The standard InChI is InChI=1S/C15H18ClN3O3/c1-9(2)19-14(22-12-6-4-5-11(16)7-12)10(3)13(18-19)8-21-15(17)20/h4-7,9H,8H2,1-3H3,(H2,17,20). The monoisotopic (exact) mass is 323 g/mol. The number of carbonyl (C=O) groups is 1. The van der Waals surface area contributed by atoms with E-state index in [4.69, 9.17) is 26.8 Å². The SMILES string of the molecule is Cc1c(COC(N)=O)nn(C(C)C)c1Oc1cccc(Cl)c1. The highest BCUT2D eigenvalue weighted by molar-refractivity contribution is 6.30. The third-order valence-corrected chi connectivity index (χ3v) is 3.28. The molecule has 0 aliphatic carbocycles. The molecule has 2 N–H and O–H groups in total.